The molecule has 0 radical (unpaired) electrons. The van der Waals surface area contributed by atoms with E-state index >= 15 is 0 Å². The van der Waals surface area contributed by atoms with E-state index in [9.17, 15) is 9.18 Å². The fourth-order valence-electron chi connectivity index (χ4n) is 1.41. The molecule has 0 atom stereocenters. The van der Waals surface area contributed by atoms with E-state index < -0.39 is 0 Å². The molecule has 4 heteroatoms. The molecule has 0 heterocycles. The number of hydrogen-bond acceptors (Lipinski definition) is 1. The van der Waals surface area contributed by atoms with Crippen LogP contribution < -0.4 is 10.2 Å². The van der Waals surface area contributed by atoms with Gasteiger partial charge >= 0.3 is 6.03 Å². The van der Waals surface area contributed by atoms with Crippen molar-refractivity contribution in [2.75, 3.05) is 18.0 Å². The molecule has 88 valence electrons. The Hall–Kier alpha value is -1.58. The van der Waals surface area contributed by atoms with Gasteiger partial charge in [-0.15, -0.1) is 0 Å². The Morgan fingerprint density at radius 1 is 1.44 bits per heavy atom. The van der Waals surface area contributed by atoms with Crippen molar-refractivity contribution < 1.29 is 9.18 Å². The smallest absolute Gasteiger partial charge is 0.321 e. The van der Waals surface area contributed by atoms with E-state index in [0.29, 0.717) is 18.8 Å². The number of nitrogens with zero attached hydrogens (tertiary/aromatic N) is 1. The maximum atomic E-state index is 13.0. The van der Waals surface area contributed by atoms with Crippen molar-refractivity contribution in [3.8, 4) is 0 Å². The SMILES string of the molecule is CCCNC(=O)N(CC)c1cccc(F)c1. The van der Waals surface area contributed by atoms with Crippen LogP contribution in [0.15, 0.2) is 24.3 Å². The minimum atomic E-state index is -0.334. The van der Waals surface area contributed by atoms with E-state index in [4.69, 9.17) is 0 Å². The normalized spacial score (nSPS) is 9.94. The van der Waals surface area contributed by atoms with Gasteiger partial charge in [0.15, 0.2) is 0 Å². The molecule has 16 heavy (non-hydrogen) atoms. The number of anilines is 1. The van der Waals surface area contributed by atoms with E-state index in [1.807, 2.05) is 13.8 Å². The maximum Gasteiger partial charge on any atom is 0.321 e. The highest BCUT2D eigenvalue weighted by atomic mass is 19.1. The molecular formula is C12H17FN2O. The molecule has 0 saturated carbocycles. The average Bonchev–Trinajstić information content (AvgIpc) is 2.27. The zero-order chi connectivity index (χ0) is 12.0. The first kappa shape index (κ1) is 12.5. The lowest BCUT2D eigenvalue weighted by Gasteiger charge is -2.21. The lowest BCUT2D eigenvalue weighted by molar-refractivity contribution is 0.246. The molecule has 1 aromatic carbocycles. The summed E-state index contributed by atoms with van der Waals surface area (Å²) >= 11 is 0. The Balaban J connectivity index is 2.77. The summed E-state index contributed by atoms with van der Waals surface area (Å²) in [6.07, 6.45) is 0.881. The van der Waals surface area contributed by atoms with Crippen molar-refractivity contribution in [2.24, 2.45) is 0 Å². The summed E-state index contributed by atoms with van der Waals surface area (Å²) in [5, 5.41) is 2.77. The second-order valence-corrected chi connectivity index (χ2v) is 3.46. The van der Waals surface area contributed by atoms with Gasteiger partial charge in [-0.05, 0) is 31.5 Å². The van der Waals surface area contributed by atoms with Crippen LogP contribution in [-0.4, -0.2) is 19.1 Å². The van der Waals surface area contributed by atoms with E-state index in [-0.39, 0.29) is 11.8 Å². The second kappa shape index (κ2) is 6.10. The summed E-state index contributed by atoms with van der Waals surface area (Å²) in [5.41, 5.74) is 0.580. The van der Waals surface area contributed by atoms with Crippen LogP contribution >= 0.6 is 0 Å². The molecule has 2 amide bonds. The van der Waals surface area contributed by atoms with Crippen molar-refractivity contribution in [2.45, 2.75) is 20.3 Å². The number of halogens is 1. The lowest BCUT2D eigenvalue weighted by atomic mass is 10.3. The van der Waals surface area contributed by atoms with E-state index in [1.165, 1.54) is 17.0 Å². The van der Waals surface area contributed by atoms with Gasteiger partial charge in [0.25, 0.3) is 0 Å². The molecule has 1 aromatic rings. The molecule has 0 aromatic heterocycles. The molecule has 0 saturated heterocycles. The predicted octanol–water partition coefficient (Wildman–Crippen LogP) is 2.77. The summed E-state index contributed by atoms with van der Waals surface area (Å²) < 4.78 is 13.0. The summed E-state index contributed by atoms with van der Waals surface area (Å²) in [6, 6.07) is 5.85. The summed E-state index contributed by atoms with van der Waals surface area (Å²) in [6.45, 7) is 4.98. The Morgan fingerprint density at radius 3 is 2.75 bits per heavy atom. The first-order valence-corrected chi connectivity index (χ1v) is 5.50. The van der Waals surface area contributed by atoms with Crippen LogP contribution in [0.4, 0.5) is 14.9 Å². The number of nitrogens with one attached hydrogen (secondary N) is 1. The van der Waals surface area contributed by atoms with E-state index in [0.717, 1.165) is 6.42 Å². The zero-order valence-electron chi connectivity index (χ0n) is 9.66. The Bertz CT molecular complexity index is 355. The Morgan fingerprint density at radius 2 is 2.19 bits per heavy atom. The fraction of sp³-hybridized carbons (Fsp3) is 0.417. The van der Waals surface area contributed by atoms with Crippen LogP contribution in [0, 0.1) is 5.82 Å². The highest BCUT2D eigenvalue weighted by Gasteiger charge is 2.12. The third kappa shape index (κ3) is 3.22. The molecule has 0 aliphatic heterocycles. The number of urea groups is 1. The third-order valence-corrected chi connectivity index (χ3v) is 2.21. The number of rotatable bonds is 4. The lowest BCUT2D eigenvalue weighted by Crippen LogP contribution is -2.40. The molecule has 0 aliphatic rings. The number of carbonyl (C=O) groups excluding carboxylic acids is 1. The molecular weight excluding hydrogens is 207 g/mol. The van der Waals surface area contributed by atoms with Crippen molar-refractivity contribution in [3.63, 3.8) is 0 Å². The van der Waals surface area contributed by atoms with Crippen molar-refractivity contribution in [1.82, 2.24) is 5.32 Å². The quantitative estimate of drug-likeness (QED) is 0.838. The summed E-state index contributed by atoms with van der Waals surface area (Å²) in [5.74, 6) is -0.334. The van der Waals surface area contributed by atoms with Gasteiger partial charge in [0.1, 0.15) is 5.82 Å². The van der Waals surface area contributed by atoms with Gasteiger partial charge in [-0.3, -0.25) is 4.90 Å². The van der Waals surface area contributed by atoms with Crippen LogP contribution in [0.3, 0.4) is 0 Å². The second-order valence-electron chi connectivity index (χ2n) is 3.46. The number of amides is 2. The minimum absolute atomic E-state index is 0.185. The van der Waals surface area contributed by atoms with Crippen molar-refractivity contribution >= 4 is 11.7 Å². The third-order valence-electron chi connectivity index (χ3n) is 2.21. The van der Waals surface area contributed by atoms with E-state index in [1.54, 1.807) is 12.1 Å². The van der Waals surface area contributed by atoms with Crippen LogP contribution in [0.2, 0.25) is 0 Å². The van der Waals surface area contributed by atoms with Gasteiger partial charge in [0.05, 0.1) is 0 Å². The summed E-state index contributed by atoms with van der Waals surface area (Å²) in [7, 11) is 0. The van der Waals surface area contributed by atoms with Gasteiger partial charge in [-0.25, -0.2) is 9.18 Å². The molecule has 0 fully saturated rings. The van der Waals surface area contributed by atoms with E-state index in [2.05, 4.69) is 5.32 Å². The Kier molecular flexibility index (Phi) is 4.76. The fourth-order valence-corrected chi connectivity index (χ4v) is 1.41. The van der Waals surface area contributed by atoms with Gasteiger partial charge in [-0.1, -0.05) is 13.0 Å². The molecule has 1 rings (SSSR count). The van der Waals surface area contributed by atoms with Crippen LogP contribution in [-0.2, 0) is 0 Å². The molecule has 0 unspecified atom stereocenters. The Labute approximate surface area is 95.3 Å². The highest BCUT2D eigenvalue weighted by Crippen LogP contribution is 2.15. The summed E-state index contributed by atoms with van der Waals surface area (Å²) in [4.78, 5) is 13.2. The molecule has 0 bridgehead atoms. The zero-order valence-corrected chi connectivity index (χ0v) is 9.66. The maximum absolute atomic E-state index is 13.0. The predicted molar refractivity (Wildman–Crippen MR) is 63.1 cm³/mol. The van der Waals surface area contributed by atoms with Gasteiger partial charge in [0.2, 0.25) is 0 Å². The van der Waals surface area contributed by atoms with Crippen LogP contribution in [0.1, 0.15) is 20.3 Å². The minimum Gasteiger partial charge on any atom is -0.338 e. The van der Waals surface area contributed by atoms with Crippen molar-refractivity contribution in [1.29, 1.82) is 0 Å². The molecule has 1 N–H and O–H groups in total. The van der Waals surface area contributed by atoms with Gasteiger partial charge < -0.3 is 5.32 Å². The van der Waals surface area contributed by atoms with Crippen LogP contribution in [0.5, 0.6) is 0 Å². The molecule has 3 nitrogen and oxygen atoms in total. The number of hydrogen-bond donors (Lipinski definition) is 1. The number of carbonyl (C=O) groups is 1. The average molecular weight is 224 g/mol. The van der Waals surface area contributed by atoms with Gasteiger partial charge in [0, 0.05) is 18.8 Å². The van der Waals surface area contributed by atoms with Crippen molar-refractivity contribution in [3.05, 3.63) is 30.1 Å². The standard InChI is InChI=1S/C12H17FN2O/c1-3-8-14-12(16)15(4-2)11-7-5-6-10(13)9-11/h5-7,9H,3-4,8H2,1-2H3,(H,14,16). The molecule has 0 aliphatic carbocycles. The molecule has 0 spiro atoms. The first-order valence-electron chi connectivity index (χ1n) is 5.50. The van der Waals surface area contributed by atoms with Crippen LogP contribution in [0.25, 0.3) is 0 Å². The topological polar surface area (TPSA) is 32.3 Å². The largest absolute Gasteiger partial charge is 0.338 e. The highest BCUT2D eigenvalue weighted by molar-refractivity contribution is 5.91. The monoisotopic (exact) mass is 224 g/mol. The van der Waals surface area contributed by atoms with Gasteiger partial charge in [-0.2, -0.15) is 0 Å². The first-order chi connectivity index (χ1) is 7.69. The number of benzene rings is 1.